The van der Waals surface area contributed by atoms with Crippen molar-refractivity contribution < 1.29 is 19.2 Å². The lowest BCUT2D eigenvalue weighted by atomic mass is 10.1. The molecule has 7 heteroatoms. The predicted octanol–water partition coefficient (Wildman–Crippen LogP) is 3.61. The van der Waals surface area contributed by atoms with Crippen molar-refractivity contribution in [3.63, 3.8) is 0 Å². The van der Waals surface area contributed by atoms with E-state index in [4.69, 9.17) is 9.47 Å². The van der Waals surface area contributed by atoms with E-state index in [9.17, 15) is 14.9 Å². The number of fused-ring (bicyclic) bond motifs is 1. The first-order valence-electron chi connectivity index (χ1n) is 7.34. The summed E-state index contributed by atoms with van der Waals surface area (Å²) >= 11 is 1.47. The van der Waals surface area contributed by atoms with Crippen molar-refractivity contribution in [1.29, 1.82) is 0 Å². The number of carbonyl (C=O) groups excluding carboxylic acids is 1. The Morgan fingerprint density at radius 2 is 2.12 bits per heavy atom. The molecule has 6 nitrogen and oxygen atoms in total. The summed E-state index contributed by atoms with van der Waals surface area (Å²) in [7, 11) is 1.27. The number of carbonyl (C=O) groups is 1. The second-order valence-electron chi connectivity index (χ2n) is 5.20. The first kappa shape index (κ1) is 16.3. The number of nitro benzene ring substituents is 1. The number of nitrogens with zero attached hydrogens (tertiary/aromatic N) is 1. The Labute approximate surface area is 142 Å². The lowest BCUT2D eigenvalue weighted by Crippen LogP contribution is -2.07. The van der Waals surface area contributed by atoms with Crippen LogP contribution in [0.5, 0.6) is 5.75 Å². The molecule has 0 saturated carbocycles. The fourth-order valence-electron chi connectivity index (χ4n) is 2.62. The number of hydrogen-bond donors (Lipinski definition) is 0. The molecular weight excluding hydrogens is 330 g/mol. The van der Waals surface area contributed by atoms with Crippen LogP contribution in [0.15, 0.2) is 41.3 Å². The molecule has 0 saturated heterocycles. The highest BCUT2D eigenvalue weighted by Crippen LogP contribution is 2.44. The SMILES string of the molecule is COC(=O)c1cc([N+](=O)[O-])c2c(c1SCc1ccccc1)CCO2. The van der Waals surface area contributed by atoms with Gasteiger partial charge in [-0.3, -0.25) is 10.1 Å². The largest absolute Gasteiger partial charge is 0.486 e. The van der Waals surface area contributed by atoms with Crippen molar-refractivity contribution >= 4 is 23.4 Å². The zero-order valence-corrected chi connectivity index (χ0v) is 13.8. The third-order valence-electron chi connectivity index (χ3n) is 3.73. The molecule has 124 valence electrons. The lowest BCUT2D eigenvalue weighted by molar-refractivity contribution is -0.385. The van der Waals surface area contributed by atoms with E-state index in [1.165, 1.54) is 24.9 Å². The van der Waals surface area contributed by atoms with Crippen LogP contribution in [0, 0.1) is 10.1 Å². The minimum absolute atomic E-state index is 0.188. The van der Waals surface area contributed by atoms with Gasteiger partial charge in [-0.2, -0.15) is 0 Å². The van der Waals surface area contributed by atoms with Crippen molar-refractivity contribution in [2.45, 2.75) is 17.1 Å². The first-order valence-corrected chi connectivity index (χ1v) is 8.32. The van der Waals surface area contributed by atoms with Gasteiger partial charge in [0.15, 0.2) is 0 Å². The molecule has 0 spiro atoms. The van der Waals surface area contributed by atoms with Crippen molar-refractivity contribution in [2.24, 2.45) is 0 Å². The van der Waals surface area contributed by atoms with Crippen molar-refractivity contribution in [3.05, 3.63) is 63.2 Å². The topological polar surface area (TPSA) is 78.7 Å². The van der Waals surface area contributed by atoms with E-state index in [0.29, 0.717) is 29.2 Å². The van der Waals surface area contributed by atoms with Crippen LogP contribution in [0.2, 0.25) is 0 Å². The van der Waals surface area contributed by atoms with Crippen LogP contribution >= 0.6 is 11.8 Å². The number of thioether (sulfide) groups is 1. The fraction of sp³-hybridized carbons (Fsp3) is 0.235. The Kier molecular flexibility index (Phi) is 4.71. The average molecular weight is 345 g/mol. The van der Waals surface area contributed by atoms with Gasteiger partial charge in [0, 0.05) is 28.7 Å². The molecule has 0 unspecified atom stereocenters. The summed E-state index contributed by atoms with van der Waals surface area (Å²) in [6, 6.07) is 11.1. The van der Waals surface area contributed by atoms with Gasteiger partial charge >= 0.3 is 11.7 Å². The van der Waals surface area contributed by atoms with E-state index < -0.39 is 10.9 Å². The monoisotopic (exact) mass is 345 g/mol. The second-order valence-corrected chi connectivity index (χ2v) is 6.19. The molecule has 0 N–H and O–H groups in total. The van der Waals surface area contributed by atoms with Crippen LogP contribution < -0.4 is 4.74 Å². The van der Waals surface area contributed by atoms with Crippen LogP contribution in [-0.2, 0) is 16.9 Å². The molecule has 0 aromatic heterocycles. The molecule has 2 aromatic rings. The zero-order chi connectivity index (χ0) is 17.1. The Bertz CT molecular complexity index is 791. The minimum atomic E-state index is -0.580. The van der Waals surface area contributed by atoms with Gasteiger partial charge in [0.25, 0.3) is 0 Å². The number of ether oxygens (including phenoxy) is 2. The van der Waals surface area contributed by atoms with Gasteiger partial charge in [0.05, 0.1) is 24.2 Å². The summed E-state index contributed by atoms with van der Waals surface area (Å²) in [4.78, 5) is 23.6. The predicted molar refractivity (Wildman–Crippen MR) is 89.6 cm³/mol. The smallest absolute Gasteiger partial charge is 0.339 e. The Morgan fingerprint density at radius 3 is 2.79 bits per heavy atom. The molecule has 0 atom stereocenters. The average Bonchev–Trinajstić information content (AvgIpc) is 3.08. The van der Waals surface area contributed by atoms with Gasteiger partial charge in [-0.05, 0) is 5.56 Å². The van der Waals surface area contributed by atoms with Gasteiger partial charge in [-0.15, -0.1) is 11.8 Å². The second kappa shape index (κ2) is 6.92. The summed E-state index contributed by atoms with van der Waals surface area (Å²) in [5, 5.41) is 11.3. The molecule has 0 fully saturated rings. The van der Waals surface area contributed by atoms with Gasteiger partial charge in [0.2, 0.25) is 5.75 Å². The number of rotatable bonds is 5. The summed E-state index contributed by atoms with van der Waals surface area (Å²) in [5.41, 5.74) is 1.84. The lowest BCUT2D eigenvalue weighted by Gasteiger charge is -2.12. The molecule has 1 aliphatic heterocycles. The standard InChI is InChI=1S/C17H15NO5S/c1-22-17(19)13-9-14(18(20)21)15-12(7-8-23-15)16(13)24-10-11-5-3-2-4-6-11/h2-6,9H,7-8,10H2,1H3. The number of nitro groups is 1. The highest BCUT2D eigenvalue weighted by molar-refractivity contribution is 7.98. The molecular formula is C17H15NO5S. The Hall–Kier alpha value is -2.54. The summed E-state index contributed by atoms with van der Waals surface area (Å²) in [6.07, 6.45) is 0.540. The summed E-state index contributed by atoms with van der Waals surface area (Å²) < 4.78 is 10.3. The van der Waals surface area contributed by atoms with Crippen LogP contribution in [0.3, 0.4) is 0 Å². The van der Waals surface area contributed by atoms with Gasteiger partial charge in [0.1, 0.15) is 0 Å². The number of esters is 1. The van der Waals surface area contributed by atoms with Gasteiger partial charge < -0.3 is 9.47 Å². The van der Waals surface area contributed by atoms with E-state index in [1.54, 1.807) is 0 Å². The van der Waals surface area contributed by atoms with E-state index in [0.717, 1.165) is 5.56 Å². The maximum atomic E-state index is 12.1. The highest BCUT2D eigenvalue weighted by atomic mass is 32.2. The van der Waals surface area contributed by atoms with Crippen LogP contribution in [0.4, 0.5) is 5.69 Å². The Morgan fingerprint density at radius 1 is 1.38 bits per heavy atom. The summed E-state index contributed by atoms with van der Waals surface area (Å²) in [6.45, 7) is 0.375. The molecule has 1 heterocycles. The number of methoxy groups -OCH3 is 1. The minimum Gasteiger partial charge on any atom is -0.486 e. The maximum absolute atomic E-state index is 12.1. The van der Waals surface area contributed by atoms with Gasteiger partial charge in [-0.1, -0.05) is 30.3 Å². The van der Waals surface area contributed by atoms with Crippen LogP contribution in [-0.4, -0.2) is 24.6 Å². The molecule has 24 heavy (non-hydrogen) atoms. The van der Waals surface area contributed by atoms with Crippen molar-refractivity contribution in [2.75, 3.05) is 13.7 Å². The molecule has 0 bridgehead atoms. The number of hydrogen-bond acceptors (Lipinski definition) is 6. The molecule has 0 amide bonds. The van der Waals surface area contributed by atoms with Gasteiger partial charge in [-0.25, -0.2) is 4.79 Å². The molecule has 1 aliphatic rings. The van der Waals surface area contributed by atoms with Crippen LogP contribution in [0.1, 0.15) is 21.5 Å². The molecule has 3 rings (SSSR count). The quantitative estimate of drug-likeness (QED) is 0.356. The van der Waals surface area contributed by atoms with E-state index in [1.807, 2.05) is 30.3 Å². The maximum Gasteiger partial charge on any atom is 0.339 e. The van der Waals surface area contributed by atoms with Crippen molar-refractivity contribution in [1.82, 2.24) is 0 Å². The summed E-state index contributed by atoms with van der Waals surface area (Å²) in [5.74, 6) is 0.335. The molecule has 0 radical (unpaired) electrons. The normalized spacial score (nSPS) is 12.4. The van der Waals surface area contributed by atoms with Crippen molar-refractivity contribution in [3.8, 4) is 5.75 Å². The van der Waals surface area contributed by atoms with E-state index >= 15 is 0 Å². The third-order valence-corrected chi connectivity index (χ3v) is 4.97. The van der Waals surface area contributed by atoms with E-state index in [2.05, 4.69) is 0 Å². The zero-order valence-electron chi connectivity index (χ0n) is 13.0. The molecule has 0 aliphatic carbocycles. The van der Waals surface area contributed by atoms with Crippen LogP contribution in [0.25, 0.3) is 0 Å². The first-order chi connectivity index (χ1) is 11.6. The van der Waals surface area contributed by atoms with E-state index in [-0.39, 0.29) is 17.0 Å². The third kappa shape index (κ3) is 3.07. The highest BCUT2D eigenvalue weighted by Gasteiger charge is 2.32. The Balaban J connectivity index is 2.04. The number of benzene rings is 2. The fourth-order valence-corrected chi connectivity index (χ4v) is 3.79. The molecule has 2 aromatic carbocycles.